The number of pyridine rings is 1. The Morgan fingerprint density at radius 2 is 1.72 bits per heavy atom. The van der Waals surface area contributed by atoms with Crippen LogP contribution < -0.4 is 20.7 Å². The number of imide groups is 1. The number of benzene rings is 2. The number of rotatable bonds is 15. The molecule has 3 N–H and O–H groups in total. The van der Waals surface area contributed by atoms with E-state index in [9.17, 15) is 32.3 Å². The number of hydrogen-bond acceptors (Lipinski definition) is 11. The van der Waals surface area contributed by atoms with Crippen molar-refractivity contribution in [3.63, 3.8) is 0 Å². The summed E-state index contributed by atoms with van der Waals surface area (Å²) in [5, 5.41) is 13.9. The van der Waals surface area contributed by atoms with Gasteiger partial charge in [-0.15, -0.1) is 0 Å². The first-order chi connectivity index (χ1) is 27.9. The summed E-state index contributed by atoms with van der Waals surface area (Å²) in [4.78, 5) is 58.6. The van der Waals surface area contributed by atoms with Crippen molar-refractivity contribution in [2.45, 2.75) is 43.9 Å². The zero-order chi connectivity index (χ0) is 41.0. The van der Waals surface area contributed by atoms with Gasteiger partial charge in [0, 0.05) is 55.2 Å². The highest BCUT2D eigenvalue weighted by molar-refractivity contribution is 6.25. The second kappa shape index (κ2) is 17.3. The van der Waals surface area contributed by atoms with Crippen LogP contribution in [0.3, 0.4) is 0 Å². The lowest BCUT2D eigenvalue weighted by molar-refractivity contribution is -0.141. The molecule has 3 aliphatic heterocycles. The minimum Gasteiger partial charge on any atom is -0.494 e. The van der Waals surface area contributed by atoms with E-state index in [1.165, 1.54) is 13.2 Å². The molecule has 15 nitrogen and oxygen atoms in total. The van der Waals surface area contributed by atoms with Crippen LogP contribution in [0.2, 0.25) is 0 Å². The number of amides is 4. The molecule has 0 bridgehead atoms. The van der Waals surface area contributed by atoms with Crippen LogP contribution in [0.25, 0.3) is 10.9 Å². The molecule has 1 atom stereocenters. The van der Waals surface area contributed by atoms with Gasteiger partial charge in [0.2, 0.25) is 5.91 Å². The molecule has 306 valence electrons. The smallest absolute Gasteiger partial charge is 0.433 e. The zero-order valence-corrected chi connectivity index (χ0v) is 31.8. The van der Waals surface area contributed by atoms with Crippen LogP contribution in [-0.4, -0.2) is 114 Å². The third-order valence-electron chi connectivity index (χ3n) is 10.4. The Kier molecular flexibility index (Phi) is 12.1. The normalized spacial score (nSPS) is 17.8. The summed E-state index contributed by atoms with van der Waals surface area (Å²) in [5.74, 6) is -1.87. The van der Waals surface area contributed by atoms with E-state index in [0.717, 1.165) is 54.9 Å². The number of nitrogens with zero attached hydrogens (tertiary/aromatic N) is 5. The molecule has 1 unspecified atom stereocenters. The number of methoxy groups -OCH3 is 1. The number of nitrogens with one attached hydrogen (secondary N) is 3. The van der Waals surface area contributed by atoms with Gasteiger partial charge >= 0.3 is 6.18 Å². The number of allylic oxidation sites excluding steroid dienone is 1. The van der Waals surface area contributed by atoms with E-state index in [-0.39, 0.29) is 28.6 Å². The Hall–Kier alpha value is -5.85. The zero-order valence-electron chi connectivity index (χ0n) is 31.8. The Labute approximate surface area is 331 Å². The molecule has 4 amide bonds. The predicted octanol–water partition coefficient (Wildman–Crippen LogP) is 4.88. The van der Waals surface area contributed by atoms with E-state index in [0.29, 0.717) is 68.5 Å². The third kappa shape index (κ3) is 8.83. The van der Waals surface area contributed by atoms with E-state index < -0.39 is 41.5 Å². The fourth-order valence-corrected chi connectivity index (χ4v) is 7.35. The molecule has 3 aliphatic rings. The molecule has 7 rings (SSSR count). The highest BCUT2D eigenvalue weighted by Crippen LogP contribution is 2.34. The van der Waals surface area contributed by atoms with Crippen molar-refractivity contribution in [1.29, 1.82) is 0 Å². The Morgan fingerprint density at radius 3 is 2.47 bits per heavy atom. The maximum Gasteiger partial charge on any atom is 0.433 e. The average Bonchev–Trinajstić information content (AvgIpc) is 3.74. The number of anilines is 2. The number of ether oxygens (including phenoxy) is 3. The summed E-state index contributed by atoms with van der Waals surface area (Å²) in [5.41, 5.74) is 1.02. The molecular weight excluding hydrogens is 761 g/mol. The molecule has 0 spiro atoms. The van der Waals surface area contributed by atoms with Gasteiger partial charge in [-0.05, 0) is 56.0 Å². The first kappa shape index (κ1) is 40.4. The number of carbonyl (C=O) groups is 4. The van der Waals surface area contributed by atoms with Gasteiger partial charge in [0.1, 0.15) is 23.2 Å². The Morgan fingerprint density at radius 1 is 0.966 bits per heavy atom. The molecule has 5 heterocycles. The molecule has 58 heavy (non-hydrogen) atoms. The molecule has 0 aliphatic carbocycles. The number of halogens is 3. The fraction of sp³-hybridized carbons (Fsp3) is 0.400. The molecule has 18 heteroatoms. The largest absolute Gasteiger partial charge is 0.494 e. The number of fused-ring (bicyclic) bond motifs is 2. The van der Waals surface area contributed by atoms with E-state index >= 15 is 0 Å². The van der Waals surface area contributed by atoms with Crippen LogP contribution >= 0.6 is 0 Å². The maximum atomic E-state index is 13.3. The second-order valence-corrected chi connectivity index (χ2v) is 14.2. The van der Waals surface area contributed by atoms with E-state index in [1.54, 1.807) is 30.3 Å². The second-order valence-electron chi connectivity index (χ2n) is 14.2. The fourth-order valence-electron chi connectivity index (χ4n) is 7.35. The third-order valence-corrected chi connectivity index (χ3v) is 10.4. The lowest BCUT2D eigenvalue weighted by Crippen LogP contribution is -2.51. The van der Waals surface area contributed by atoms with Crippen molar-refractivity contribution in [2.24, 2.45) is 0 Å². The lowest BCUT2D eigenvalue weighted by atomic mass is 10.0. The lowest BCUT2D eigenvalue weighted by Gasteiger charge is -2.31. The van der Waals surface area contributed by atoms with Gasteiger partial charge in [-0.2, -0.15) is 18.3 Å². The summed E-state index contributed by atoms with van der Waals surface area (Å²) < 4.78 is 58.3. The number of hydrogen-bond donors (Lipinski definition) is 3. The molecule has 2 aromatic carbocycles. The van der Waals surface area contributed by atoms with Crippen LogP contribution in [0.15, 0.2) is 67.0 Å². The van der Waals surface area contributed by atoms with Crippen LogP contribution in [0.1, 0.15) is 68.6 Å². The molecular formula is C40H43F3N8O7. The van der Waals surface area contributed by atoms with Crippen molar-refractivity contribution in [3.05, 3.63) is 89.5 Å². The standard InChI is InChI=1S/C40H43F3N8O7/c1-24-9-10-32(37(53)45-24)51-38(54)27-5-3-6-28(35(27)39(51)55)44-13-17-57-19-20-58-18-16-49-14-11-26(12-15-49)50-23-25-21-31(33(56-2)22-30(25)48-50)47-36(52)29-7-4-8-34(46-29)40(41,42)43/h3-8,21-23,26,32,44H,1,9-20H2,2H3,(H,45,53)(H,47,52). The first-order valence-corrected chi connectivity index (χ1v) is 18.9. The minimum atomic E-state index is -4.68. The van der Waals surface area contributed by atoms with Crippen LogP contribution in [0.5, 0.6) is 5.75 Å². The van der Waals surface area contributed by atoms with Crippen LogP contribution in [-0.2, 0) is 20.4 Å². The van der Waals surface area contributed by atoms with Gasteiger partial charge in [-0.25, -0.2) is 4.98 Å². The highest BCUT2D eigenvalue weighted by Gasteiger charge is 2.45. The van der Waals surface area contributed by atoms with Crippen molar-refractivity contribution in [2.75, 3.05) is 70.3 Å². The van der Waals surface area contributed by atoms with Crippen LogP contribution in [0.4, 0.5) is 24.5 Å². The predicted molar refractivity (Wildman–Crippen MR) is 206 cm³/mol. The number of likely N-dealkylation sites (tertiary alicyclic amines) is 1. The van der Waals surface area contributed by atoms with E-state index in [1.807, 2.05) is 10.9 Å². The minimum absolute atomic E-state index is 0.152. The molecule has 4 aromatic rings. The summed E-state index contributed by atoms with van der Waals surface area (Å²) in [7, 11) is 1.43. The van der Waals surface area contributed by atoms with Crippen molar-refractivity contribution in [1.82, 2.24) is 29.9 Å². The number of aromatic nitrogens is 3. The van der Waals surface area contributed by atoms with Crippen molar-refractivity contribution < 1.29 is 46.6 Å². The molecule has 2 aromatic heterocycles. The first-order valence-electron chi connectivity index (χ1n) is 18.9. The number of carbonyl (C=O) groups excluding carboxylic acids is 4. The number of piperidine rings is 2. The summed E-state index contributed by atoms with van der Waals surface area (Å²) >= 11 is 0. The Bertz CT molecular complexity index is 2220. The van der Waals surface area contributed by atoms with E-state index in [4.69, 9.17) is 19.3 Å². The molecule has 0 saturated carbocycles. The molecule has 2 fully saturated rings. The van der Waals surface area contributed by atoms with Crippen molar-refractivity contribution in [3.8, 4) is 5.75 Å². The van der Waals surface area contributed by atoms with Gasteiger partial charge in [-0.1, -0.05) is 18.7 Å². The highest BCUT2D eigenvalue weighted by atomic mass is 19.4. The van der Waals surface area contributed by atoms with Crippen molar-refractivity contribution >= 4 is 45.9 Å². The van der Waals surface area contributed by atoms with Crippen LogP contribution in [0, 0.1) is 0 Å². The topological polar surface area (TPSA) is 169 Å². The quantitative estimate of drug-likeness (QED) is 0.111. The molecule has 0 radical (unpaired) electrons. The number of alkyl halides is 3. The van der Waals surface area contributed by atoms with Gasteiger partial charge in [-0.3, -0.25) is 28.8 Å². The maximum absolute atomic E-state index is 13.3. The van der Waals surface area contributed by atoms with Gasteiger partial charge < -0.3 is 35.1 Å². The Balaban J connectivity index is 0.806. The summed E-state index contributed by atoms with van der Waals surface area (Å²) in [6, 6.07) is 10.8. The van der Waals surface area contributed by atoms with Gasteiger partial charge in [0.05, 0.1) is 61.9 Å². The summed E-state index contributed by atoms with van der Waals surface area (Å²) in [6.45, 7) is 8.30. The molecule has 2 saturated heterocycles. The summed E-state index contributed by atoms with van der Waals surface area (Å²) in [6.07, 6.45) is -0.232. The van der Waals surface area contributed by atoms with Gasteiger partial charge in [0.25, 0.3) is 17.7 Å². The van der Waals surface area contributed by atoms with Gasteiger partial charge in [0.15, 0.2) is 0 Å². The SMILES string of the molecule is C=C1CCC(N2C(=O)c3cccc(NCCOCCOCCN4CCC(n5cc6cc(NC(=O)c7cccc(C(F)(F)F)n7)c(OC)cc6n5)CC4)c3C2=O)C(=O)N1. The monoisotopic (exact) mass is 804 g/mol. The average molecular weight is 805 g/mol. The van der Waals surface area contributed by atoms with E-state index in [2.05, 4.69) is 32.4 Å².